The van der Waals surface area contributed by atoms with E-state index in [0.29, 0.717) is 16.5 Å². The molecule has 0 atom stereocenters. The smallest absolute Gasteiger partial charge is 0.350 e. The number of hydrogen-bond acceptors (Lipinski definition) is 4. The highest BCUT2D eigenvalue weighted by atomic mass is 32.1. The summed E-state index contributed by atoms with van der Waals surface area (Å²) in [5, 5.41) is 0. The lowest BCUT2D eigenvalue weighted by Crippen LogP contribution is -2.01. The average Bonchev–Trinajstić information content (AvgIpc) is 2.75. The van der Waals surface area contributed by atoms with Crippen LogP contribution in [0.15, 0.2) is 24.3 Å². The van der Waals surface area contributed by atoms with Crippen molar-refractivity contribution in [3.05, 3.63) is 40.3 Å². The Bertz CT molecular complexity index is 627. The Balaban J connectivity index is 2.45. The summed E-state index contributed by atoms with van der Waals surface area (Å²) in [6.07, 6.45) is 0. The Morgan fingerprint density at radius 2 is 1.85 bits per heavy atom. The Hall–Kier alpha value is -1.81. The molecular formula is C16H19NO2S. The normalized spacial score (nSPS) is 10.8. The van der Waals surface area contributed by atoms with E-state index >= 15 is 0 Å². The Labute approximate surface area is 123 Å². The zero-order valence-electron chi connectivity index (χ0n) is 12.2. The predicted molar refractivity (Wildman–Crippen MR) is 84.3 cm³/mol. The van der Waals surface area contributed by atoms with Crippen molar-refractivity contribution in [2.24, 2.45) is 0 Å². The molecule has 0 saturated heterocycles. The number of carbonyl (C=O) groups excluding carboxylic acids is 1. The largest absolute Gasteiger partial charge is 0.465 e. The summed E-state index contributed by atoms with van der Waals surface area (Å²) in [7, 11) is 1.37. The maximum absolute atomic E-state index is 11.7. The summed E-state index contributed by atoms with van der Waals surface area (Å²) >= 11 is 1.39. The van der Waals surface area contributed by atoms with Crippen molar-refractivity contribution >= 4 is 23.0 Å². The number of rotatable bonds is 3. The van der Waals surface area contributed by atoms with E-state index in [0.717, 1.165) is 16.0 Å². The third kappa shape index (κ3) is 2.56. The van der Waals surface area contributed by atoms with Crippen molar-refractivity contribution in [3.8, 4) is 10.4 Å². The van der Waals surface area contributed by atoms with Gasteiger partial charge in [-0.15, -0.1) is 11.3 Å². The molecule has 2 N–H and O–H groups in total. The molecule has 0 bridgehead atoms. The first-order chi connectivity index (χ1) is 9.45. The van der Waals surface area contributed by atoms with Gasteiger partial charge in [-0.3, -0.25) is 0 Å². The van der Waals surface area contributed by atoms with Gasteiger partial charge in [-0.05, 0) is 29.5 Å². The summed E-state index contributed by atoms with van der Waals surface area (Å²) in [5.74, 6) is 0.129. The highest BCUT2D eigenvalue weighted by molar-refractivity contribution is 7.18. The van der Waals surface area contributed by atoms with E-state index in [4.69, 9.17) is 10.5 Å². The van der Waals surface area contributed by atoms with E-state index in [-0.39, 0.29) is 5.97 Å². The van der Waals surface area contributed by atoms with E-state index < -0.39 is 0 Å². The molecular weight excluding hydrogens is 270 g/mol. The van der Waals surface area contributed by atoms with E-state index in [1.807, 2.05) is 6.92 Å². The maximum Gasteiger partial charge on any atom is 0.350 e. The molecule has 0 aliphatic rings. The van der Waals surface area contributed by atoms with Gasteiger partial charge in [0.25, 0.3) is 0 Å². The summed E-state index contributed by atoms with van der Waals surface area (Å²) in [5.41, 5.74) is 9.84. The molecule has 0 fully saturated rings. The number of esters is 1. The van der Waals surface area contributed by atoms with Crippen LogP contribution < -0.4 is 5.73 Å². The molecule has 2 rings (SSSR count). The number of nitrogen functional groups attached to an aromatic ring is 1. The number of methoxy groups -OCH3 is 1. The predicted octanol–water partition coefficient (Wildman–Crippen LogP) is 4.22. The molecule has 0 spiro atoms. The number of nitrogens with two attached hydrogens (primary N) is 1. The van der Waals surface area contributed by atoms with Crippen molar-refractivity contribution in [2.75, 3.05) is 12.8 Å². The minimum Gasteiger partial charge on any atom is -0.465 e. The van der Waals surface area contributed by atoms with Crippen molar-refractivity contribution in [3.63, 3.8) is 0 Å². The van der Waals surface area contributed by atoms with E-state index in [1.54, 1.807) is 0 Å². The zero-order chi connectivity index (χ0) is 14.9. The number of carbonyl (C=O) groups is 1. The fourth-order valence-corrected chi connectivity index (χ4v) is 3.22. The number of ether oxygens (including phenoxy) is 1. The van der Waals surface area contributed by atoms with Crippen LogP contribution in [0.5, 0.6) is 0 Å². The second kappa shape index (κ2) is 5.67. The summed E-state index contributed by atoms with van der Waals surface area (Å²) in [6, 6.07) is 8.39. The lowest BCUT2D eigenvalue weighted by molar-refractivity contribution is 0.0607. The molecule has 1 heterocycles. The molecule has 0 radical (unpaired) electrons. The van der Waals surface area contributed by atoms with Gasteiger partial charge in [-0.1, -0.05) is 38.1 Å². The lowest BCUT2D eigenvalue weighted by atomic mass is 10.0. The van der Waals surface area contributed by atoms with Gasteiger partial charge in [0.2, 0.25) is 0 Å². The summed E-state index contributed by atoms with van der Waals surface area (Å²) in [6.45, 7) is 6.27. The van der Waals surface area contributed by atoms with Crippen molar-refractivity contribution in [1.82, 2.24) is 0 Å². The van der Waals surface area contributed by atoms with Gasteiger partial charge < -0.3 is 10.5 Å². The van der Waals surface area contributed by atoms with Gasteiger partial charge >= 0.3 is 5.97 Å². The highest BCUT2D eigenvalue weighted by Crippen LogP contribution is 2.38. The maximum atomic E-state index is 11.7. The van der Waals surface area contributed by atoms with Crippen molar-refractivity contribution in [1.29, 1.82) is 0 Å². The van der Waals surface area contributed by atoms with Crippen LogP contribution in [0, 0.1) is 6.92 Å². The molecule has 0 amide bonds. The number of hydrogen-bond donors (Lipinski definition) is 1. The number of thiophene rings is 1. The fourth-order valence-electron chi connectivity index (χ4n) is 2.07. The van der Waals surface area contributed by atoms with Crippen LogP contribution in [-0.4, -0.2) is 13.1 Å². The second-order valence-electron chi connectivity index (χ2n) is 5.07. The standard InChI is InChI=1S/C16H19NO2S/c1-9(2)11-5-7-12(8-6-11)14-10(3)13(17)15(20-14)16(18)19-4/h5-9H,17H2,1-4H3. The van der Waals surface area contributed by atoms with Crippen molar-refractivity contribution < 1.29 is 9.53 Å². The first-order valence-corrected chi connectivity index (χ1v) is 7.34. The lowest BCUT2D eigenvalue weighted by Gasteiger charge is -2.06. The number of anilines is 1. The van der Waals surface area contributed by atoms with Crippen LogP contribution in [0.1, 0.15) is 40.6 Å². The van der Waals surface area contributed by atoms with E-state index in [1.165, 1.54) is 24.0 Å². The molecule has 20 heavy (non-hydrogen) atoms. The Morgan fingerprint density at radius 3 is 2.35 bits per heavy atom. The molecule has 2 aromatic rings. The highest BCUT2D eigenvalue weighted by Gasteiger charge is 2.19. The van der Waals surface area contributed by atoms with Gasteiger partial charge in [0.15, 0.2) is 0 Å². The SMILES string of the molecule is COC(=O)c1sc(-c2ccc(C(C)C)cc2)c(C)c1N. The van der Waals surface area contributed by atoms with Crippen molar-refractivity contribution in [2.45, 2.75) is 26.7 Å². The van der Waals surface area contributed by atoms with Crippen LogP contribution in [0.25, 0.3) is 10.4 Å². The minimum absolute atomic E-state index is 0.374. The van der Waals surface area contributed by atoms with E-state index in [2.05, 4.69) is 38.1 Å². The molecule has 3 nitrogen and oxygen atoms in total. The topological polar surface area (TPSA) is 52.3 Å². The van der Waals surface area contributed by atoms with Gasteiger partial charge in [0.05, 0.1) is 12.8 Å². The summed E-state index contributed by atoms with van der Waals surface area (Å²) < 4.78 is 4.76. The first-order valence-electron chi connectivity index (χ1n) is 6.53. The molecule has 1 aromatic heterocycles. The third-order valence-corrected chi connectivity index (χ3v) is 4.74. The van der Waals surface area contributed by atoms with Gasteiger partial charge in [-0.2, -0.15) is 0 Å². The molecule has 0 aliphatic carbocycles. The van der Waals surface area contributed by atoms with Crippen LogP contribution in [-0.2, 0) is 4.74 Å². The van der Waals surface area contributed by atoms with Crippen LogP contribution >= 0.6 is 11.3 Å². The average molecular weight is 289 g/mol. The van der Waals surface area contributed by atoms with Gasteiger partial charge in [0.1, 0.15) is 4.88 Å². The molecule has 4 heteroatoms. The monoisotopic (exact) mass is 289 g/mol. The fraction of sp³-hybridized carbons (Fsp3) is 0.312. The Morgan fingerprint density at radius 1 is 1.25 bits per heavy atom. The molecule has 1 aromatic carbocycles. The minimum atomic E-state index is -0.374. The zero-order valence-corrected chi connectivity index (χ0v) is 13.0. The third-order valence-electron chi connectivity index (χ3n) is 3.40. The summed E-state index contributed by atoms with van der Waals surface area (Å²) in [4.78, 5) is 13.2. The van der Waals surface area contributed by atoms with Crippen LogP contribution in [0.3, 0.4) is 0 Å². The molecule has 0 aliphatic heterocycles. The van der Waals surface area contributed by atoms with Gasteiger partial charge in [-0.25, -0.2) is 4.79 Å². The first kappa shape index (κ1) is 14.6. The molecule has 106 valence electrons. The van der Waals surface area contributed by atoms with E-state index in [9.17, 15) is 4.79 Å². The second-order valence-corrected chi connectivity index (χ2v) is 6.09. The van der Waals surface area contributed by atoms with Gasteiger partial charge in [0, 0.05) is 4.88 Å². The molecule has 0 unspecified atom stereocenters. The molecule has 0 saturated carbocycles. The van der Waals surface area contributed by atoms with Crippen LogP contribution in [0.4, 0.5) is 5.69 Å². The van der Waals surface area contributed by atoms with Crippen LogP contribution in [0.2, 0.25) is 0 Å². The number of benzene rings is 1. The quantitative estimate of drug-likeness (QED) is 0.861. The Kier molecular flexibility index (Phi) is 4.14.